The highest BCUT2D eigenvalue weighted by molar-refractivity contribution is 5.87. The van der Waals surface area contributed by atoms with E-state index in [1.54, 1.807) is 18.9 Å². The Morgan fingerprint density at radius 2 is 2.17 bits per heavy atom. The predicted octanol–water partition coefficient (Wildman–Crippen LogP) is 1.26. The van der Waals surface area contributed by atoms with Gasteiger partial charge in [0.05, 0.1) is 7.11 Å². The van der Waals surface area contributed by atoms with Crippen LogP contribution in [-0.2, 0) is 10.2 Å². The Balaban J connectivity index is 1.66. The van der Waals surface area contributed by atoms with Crippen LogP contribution in [0.4, 0.5) is 4.79 Å². The van der Waals surface area contributed by atoms with Crippen molar-refractivity contribution in [3.8, 4) is 5.75 Å². The third kappa shape index (κ3) is 2.98. The van der Waals surface area contributed by atoms with Gasteiger partial charge in [-0.05, 0) is 25.8 Å². The molecule has 1 saturated heterocycles. The molecule has 0 bridgehead atoms. The minimum Gasteiger partial charge on any atom is -0.496 e. The van der Waals surface area contributed by atoms with Crippen LogP contribution < -0.4 is 15.4 Å². The minimum atomic E-state index is -0.426. The van der Waals surface area contributed by atoms with E-state index >= 15 is 0 Å². The fourth-order valence-electron chi connectivity index (χ4n) is 3.18. The van der Waals surface area contributed by atoms with Crippen LogP contribution in [0.25, 0.3) is 0 Å². The van der Waals surface area contributed by atoms with Crippen LogP contribution in [0.3, 0.4) is 0 Å². The first-order valence-corrected chi connectivity index (χ1v) is 8.03. The van der Waals surface area contributed by atoms with E-state index in [9.17, 15) is 9.59 Å². The molecule has 23 heavy (non-hydrogen) atoms. The largest absolute Gasteiger partial charge is 0.496 e. The van der Waals surface area contributed by atoms with E-state index in [0.717, 1.165) is 24.2 Å². The zero-order valence-corrected chi connectivity index (χ0v) is 13.6. The summed E-state index contributed by atoms with van der Waals surface area (Å²) in [7, 11) is 1.67. The molecule has 1 aromatic rings. The van der Waals surface area contributed by atoms with Crippen LogP contribution in [0.5, 0.6) is 5.75 Å². The Labute approximate surface area is 136 Å². The van der Waals surface area contributed by atoms with Gasteiger partial charge in [-0.3, -0.25) is 4.79 Å². The standard InChI is InChI=1S/C17H23N3O3/c1-12-15(21)18-9-10-20(12)16(22)19-11-17(7-8-17)13-5-3-4-6-14(13)23-2/h3-6,12H,7-11H2,1-2H3,(H,18,21)(H,19,22). The zero-order chi connectivity index (χ0) is 16.4. The Morgan fingerprint density at radius 1 is 1.43 bits per heavy atom. The highest BCUT2D eigenvalue weighted by Crippen LogP contribution is 2.50. The van der Waals surface area contributed by atoms with Crippen molar-refractivity contribution in [3.05, 3.63) is 29.8 Å². The first kappa shape index (κ1) is 15.6. The van der Waals surface area contributed by atoms with Gasteiger partial charge in [-0.15, -0.1) is 0 Å². The van der Waals surface area contributed by atoms with Gasteiger partial charge in [0, 0.05) is 30.6 Å². The monoisotopic (exact) mass is 317 g/mol. The lowest BCUT2D eigenvalue weighted by Crippen LogP contribution is -2.58. The maximum atomic E-state index is 12.4. The number of amides is 3. The van der Waals surface area contributed by atoms with Crippen LogP contribution in [0.1, 0.15) is 25.3 Å². The number of nitrogens with one attached hydrogen (secondary N) is 2. The second-order valence-corrected chi connectivity index (χ2v) is 6.30. The van der Waals surface area contributed by atoms with Crippen molar-refractivity contribution in [2.75, 3.05) is 26.7 Å². The molecule has 3 rings (SSSR count). The van der Waals surface area contributed by atoms with Crippen LogP contribution in [0, 0.1) is 0 Å². The zero-order valence-electron chi connectivity index (χ0n) is 13.6. The van der Waals surface area contributed by atoms with Crippen molar-refractivity contribution >= 4 is 11.9 Å². The van der Waals surface area contributed by atoms with Crippen molar-refractivity contribution in [2.24, 2.45) is 0 Å². The van der Waals surface area contributed by atoms with E-state index in [1.807, 2.05) is 18.2 Å². The molecule has 1 aliphatic carbocycles. The first-order valence-electron chi connectivity index (χ1n) is 8.03. The fraction of sp³-hybridized carbons (Fsp3) is 0.529. The molecule has 0 spiro atoms. The maximum absolute atomic E-state index is 12.4. The third-order valence-corrected chi connectivity index (χ3v) is 4.87. The topological polar surface area (TPSA) is 70.7 Å². The molecular formula is C17H23N3O3. The van der Waals surface area contributed by atoms with Crippen molar-refractivity contribution in [2.45, 2.75) is 31.2 Å². The lowest BCUT2D eigenvalue weighted by molar-refractivity contribution is -0.126. The van der Waals surface area contributed by atoms with E-state index < -0.39 is 6.04 Å². The van der Waals surface area contributed by atoms with Gasteiger partial charge in [0.1, 0.15) is 11.8 Å². The van der Waals surface area contributed by atoms with Gasteiger partial charge in [-0.2, -0.15) is 0 Å². The summed E-state index contributed by atoms with van der Waals surface area (Å²) in [6.07, 6.45) is 2.06. The van der Waals surface area contributed by atoms with Gasteiger partial charge in [0.25, 0.3) is 0 Å². The minimum absolute atomic E-state index is 0.0381. The highest BCUT2D eigenvalue weighted by atomic mass is 16.5. The summed E-state index contributed by atoms with van der Waals surface area (Å²) < 4.78 is 5.45. The lowest BCUT2D eigenvalue weighted by Gasteiger charge is -2.33. The van der Waals surface area contributed by atoms with Crippen molar-refractivity contribution in [3.63, 3.8) is 0 Å². The number of urea groups is 1. The molecule has 2 N–H and O–H groups in total. The number of methoxy groups -OCH3 is 1. The molecular weight excluding hydrogens is 294 g/mol. The molecule has 6 heteroatoms. The molecule has 0 radical (unpaired) electrons. The normalized spacial score (nSPS) is 22.3. The van der Waals surface area contributed by atoms with Crippen LogP contribution in [0.2, 0.25) is 0 Å². The number of rotatable bonds is 4. The van der Waals surface area contributed by atoms with E-state index in [2.05, 4.69) is 16.7 Å². The fourth-order valence-corrected chi connectivity index (χ4v) is 3.18. The molecule has 0 aromatic heterocycles. The maximum Gasteiger partial charge on any atom is 0.318 e. The molecule has 1 saturated carbocycles. The number of benzene rings is 1. The van der Waals surface area contributed by atoms with Crippen molar-refractivity contribution in [1.29, 1.82) is 0 Å². The van der Waals surface area contributed by atoms with E-state index in [-0.39, 0.29) is 17.4 Å². The molecule has 3 amide bonds. The molecule has 1 aromatic carbocycles. The molecule has 1 unspecified atom stereocenters. The van der Waals surface area contributed by atoms with Crippen molar-refractivity contribution in [1.82, 2.24) is 15.5 Å². The van der Waals surface area contributed by atoms with Crippen LogP contribution >= 0.6 is 0 Å². The summed E-state index contributed by atoms with van der Waals surface area (Å²) in [6.45, 7) is 3.37. The second-order valence-electron chi connectivity index (χ2n) is 6.30. The van der Waals surface area contributed by atoms with E-state index in [1.165, 1.54) is 0 Å². The Bertz CT molecular complexity index is 613. The molecule has 124 valence electrons. The summed E-state index contributed by atoms with van der Waals surface area (Å²) in [4.78, 5) is 25.7. The molecule has 1 aliphatic heterocycles. The summed E-state index contributed by atoms with van der Waals surface area (Å²) in [5, 5.41) is 5.77. The number of hydrogen-bond donors (Lipinski definition) is 2. The Kier molecular flexibility index (Phi) is 4.15. The smallest absolute Gasteiger partial charge is 0.318 e. The third-order valence-electron chi connectivity index (χ3n) is 4.87. The average molecular weight is 317 g/mol. The SMILES string of the molecule is COc1ccccc1C1(CNC(=O)N2CCNC(=O)C2C)CC1. The predicted molar refractivity (Wildman–Crippen MR) is 86.5 cm³/mol. The van der Waals surface area contributed by atoms with Gasteiger partial charge in [-0.25, -0.2) is 4.79 Å². The van der Waals surface area contributed by atoms with E-state index in [0.29, 0.717) is 19.6 Å². The number of carbonyl (C=O) groups is 2. The molecule has 2 fully saturated rings. The number of para-hydroxylation sites is 1. The first-order chi connectivity index (χ1) is 11.1. The highest BCUT2D eigenvalue weighted by Gasteiger charge is 2.46. The van der Waals surface area contributed by atoms with E-state index in [4.69, 9.17) is 4.74 Å². The van der Waals surface area contributed by atoms with Gasteiger partial charge >= 0.3 is 6.03 Å². The second kappa shape index (κ2) is 6.10. The van der Waals surface area contributed by atoms with Crippen LogP contribution in [0.15, 0.2) is 24.3 Å². The van der Waals surface area contributed by atoms with Gasteiger partial charge in [0.2, 0.25) is 5.91 Å². The summed E-state index contributed by atoms with van der Waals surface area (Å²) in [6, 6.07) is 7.36. The number of nitrogens with zero attached hydrogens (tertiary/aromatic N) is 1. The number of ether oxygens (including phenoxy) is 1. The van der Waals surface area contributed by atoms with Gasteiger partial charge < -0.3 is 20.3 Å². The molecule has 1 heterocycles. The average Bonchev–Trinajstić information content (AvgIpc) is 3.36. The summed E-state index contributed by atoms with van der Waals surface area (Å²) in [5.41, 5.74) is 1.11. The summed E-state index contributed by atoms with van der Waals surface area (Å²) >= 11 is 0. The molecule has 2 aliphatic rings. The van der Waals surface area contributed by atoms with Crippen molar-refractivity contribution < 1.29 is 14.3 Å². The number of carbonyl (C=O) groups excluding carboxylic acids is 2. The molecule has 6 nitrogen and oxygen atoms in total. The Morgan fingerprint density at radius 3 is 2.87 bits per heavy atom. The summed E-state index contributed by atoms with van der Waals surface area (Å²) in [5.74, 6) is 0.766. The lowest BCUT2D eigenvalue weighted by atomic mass is 9.95. The van der Waals surface area contributed by atoms with Gasteiger partial charge in [-0.1, -0.05) is 18.2 Å². The Hall–Kier alpha value is -2.24. The number of hydrogen-bond acceptors (Lipinski definition) is 3. The quantitative estimate of drug-likeness (QED) is 0.878. The molecule has 1 atom stereocenters. The van der Waals surface area contributed by atoms with Crippen LogP contribution in [-0.4, -0.2) is 49.6 Å². The van der Waals surface area contributed by atoms with Gasteiger partial charge in [0.15, 0.2) is 0 Å². The number of piperazine rings is 1.